The van der Waals surface area contributed by atoms with Gasteiger partial charge in [-0.15, -0.1) is 0 Å². The molecule has 2 unspecified atom stereocenters. The van der Waals surface area contributed by atoms with Gasteiger partial charge in [0.1, 0.15) is 18.5 Å². The summed E-state index contributed by atoms with van der Waals surface area (Å²) in [5, 5.41) is 11.2. The van der Waals surface area contributed by atoms with Crippen LogP contribution in [0, 0.1) is 0 Å². The number of carbonyl (C=O) groups excluding carboxylic acids is 3. The molecule has 1 aliphatic heterocycles. The second-order valence-electron chi connectivity index (χ2n) is 8.33. The van der Waals surface area contributed by atoms with Crippen molar-refractivity contribution in [1.82, 2.24) is 20.6 Å². The molecule has 3 N–H and O–H groups in total. The second-order valence-corrected chi connectivity index (χ2v) is 8.33. The lowest BCUT2D eigenvalue weighted by Gasteiger charge is -2.27. The number of hydrogen-bond donors (Lipinski definition) is 3. The van der Waals surface area contributed by atoms with Gasteiger partial charge < -0.3 is 19.7 Å². The van der Waals surface area contributed by atoms with E-state index >= 15 is 0 Å². The second kappa shape index (κ2) is 13.0. The molecule has 11 heteroatoms. The van der Waals surface area contributed by atoms with Gasteiger partial charge in [-0.3, -0.25) is 24.5 Å². The van der Waals surface area contributed by atoms with Crippen molar-refractivity contribution in [2.45, 2.75) is 12.2 Å². The highest BCUT2D eigenvalue weighted by Gasteiger charge is 2.33. The van der Waals surface area contributed by atoms with Crippen LogP contribution in [-0.4, -0.2) is 98.5 Å². The molecule has 0 saturated carbocycles. The van der Waals surface area contributed by atoms with E-state index in [0.29, 0.717) is 25.5 Å². The molecule has 1 heterocycles. The zero-order valence-electron chi connectivity index (χ0n) is 20.3. The normalized spacial score (nSPS) is 15.4. The fraction of sp³-hybridized carbons (Fsp3) is 0.400. The van der Waals surface area contributed by atoms with E-state index in [1.165, 1.54) is 19.6 Å². The van der Waals surface area contributed by atoms with Crippen molar-refractivity contribution in [3.05, 3.63) is 54.1 Å². The minimum absolute atomic E-state index is 0.0353. The summed E-state index contributed by atoms with van der Waals surface area (Å²) in [6.45, 7) is 2.98. The smallest absolute Gasteiger partial charge is 0.275 e. The lowest BCUT2D eigenvalue weighted by molar-refractivity contribution is -0.140. The number of hydroxylamine groups is 1. The third kappa shape index (κ3) is 7.00. The first kappa shape index (κ1) is 27.1. The largest absolute Gasteiger partial charge is 0.491 e. The zero-order chi connectivity index (χ0) is 26.1. The molecule has 0 spiro atoms. The minimum Gasteiger partial charge on any atom is -0.491 e. The van der Waals surface area contributed by atoms with Gasteiger partial charge in [0.05, 0.1) is 13.2 Å². The molecule has 10 nitrogen and oxygen atoms in total. The third-order valence-electron chi connectivity index (χ3n) is 5.87. The van der Waals surface area contributed by atoms with Crippen molar-refractivity contribution >= 4 is 17.7 Å². The molecule has 0 radical (unpaired) electrons. The van der Waals surface area contributed by atoms with Gasteiger partial charge in [-0.2, -0.15) is 0 Å². The quantitative estimate of drug-likeness (QED) is 0.253. The van der Waals surface area contributed by atoms with E-state index in [2.05, 4.69) is 5.32 Å². The van der Waals surface area contributed by atoms with Crippen molar-refractivity contribution in [1.29, 1.82) is 0 Å². The highest BCUT2D eigenvalue weighted by atomic mass is 19.1. The van der Waals surface area contributed by atoms with Gasteiger partial charge in [-0.1, -0.05) is 24.3 Å². The van der Waals surface area contributed by atoms with Gasteiger partial charge in [0.25, 0.3) is 17.7 Å². The average Bonchev–Trinajstić information content (AvgIpc) is 2.92. The van der Waals surface area contributed by atoms with Gasteiger partial charge in [0.15, 0.2) is 6.04 Å². The Balaban J connectivity index is 1.58. The van der Waals surface area contributed by atoms with Crippen LogP contribution in [0.5, 0.6) is 5.75 Å². The first-order valence-electron chi connectivity index (χ1n) is 11.5. The Bertz CT molecular complexity index is 1010. The van der Waals surface area contributed by atoms with E-state index in [-0.39, 0.29) is 12.2 Å². The number of likely N-dealkylation sites (N-methyl/N-ethyl adjacent to an activating group) is 2. The Morgan fingerprint density at radius 1 is 1.06 bits per heavy atom. The molecule has 0 aliphatic carbocycles. The Morgan fingerprint density at radius 3 is 2.19 bits per heavy atom. The summed E-state index contributed by atoms with van der Waals surface area (Å²) in [5.41, 5.74) is 3.35. The van der Waals surface area contributed by atoms with Crippen LogP contribution in [0.25, 0.3) is 11.1 Å². The van der Waals surface area contributed by atoms with E-state index < -0.39 is 29.9 Å². The highest BCUT2D eigenvalue weighted by molar-refractivity contribution is 6.08. The van der Waals surface area contributed by atoms with Crippen LogP contribution in [0.2, 0.25) is 0 Å². The number of hydrogen-bond acceptors (Lipinski definition) is 7. The standard InChI is InChI=1S/C25H31FN4O6/c1-27-23(31)22(24(32)28-34)29(2)25(33)19-5-3-17(4-6-19)18-7-9-21(10-8-18)36-16-20(26)15-30-11-13-35-14-12-30/h3-10,20,22,34H,11-16H2,1-2H3,(H,27,31)(H,28,32). The average molecular weight is 503 g/mol. The van der Waals surface area contributed by atoms with Gasteiger partial charge in [-0.05, 0) is 35.4 Å². The number of nitrogens with one attached hydrogen (secondary N) is 2. The lowest BCUT2D eigenvalue weighted by atomic mass is 10.0. The zero-order valence-corrected chi connectivity index (χ0v) is 20.3. The van der Waals surface area contributed by atoms with Crippen LogP contribution in [-0.2, 0) is 14.3 Å². The summed E-state index contributed by atoms with van der Waals surface area (Å²) < 4.78 is 25.1. The number of halogens is 1. The van der Waals surface area contributed by atoms with E-state index in [9.17, 15) is 18.8 Å². The predicted octanol–water partition coefficient (Wildman–Crippen LogP) is 1.09. The maximum atomic E-state index is 14.3. The third-order valence-corrected chi connectivity index (χ3v) is 5.87. The summed E-state index contributed by atoms with van der Waals surface area (Å²) in [4.78, 5) is 39.7. The van der Waals surface area contributed by atoms with E-state index in [1.54, 1.807) is 36.4 Å². The Kier molecular flexibility index (Phi) is 9.74. The van der Waals surface area contributed by atoms with E-state index in [0.717, 1.165) is 29.1 Å². The molecule has 0 bridgehead atoms. The number of nitrogens with zero attached hydrogens (tertiary/aromatic N) is 2. The van der Waals surface area contributed by atoms with Crippen molar-refractivity contribution in [3.8, 4) is 16.9 Å². The molecule has 194 valence electrons. The van der Waals surface area contributed by atoms with E-state index in [1.807, 2.05) is 17.0 Å². The maximum absolute atomic E-state index is 14.3. The highest BCUT2D eigenvalue weighted by Crippen LogP contribution is 2.23. The Hall–Kier alpha value is -3.54. The van der Waals surface area contributed by atoms with Crippen molar-refractivity contribution < 1.29 is 33.5 Å². The van der Waals surface area contributed by atoms with E-state index in [4.69, 9.17) is 14.7 Å². The first-order valence-corrected chi connectivity index (χ1v) is 11.5. The number of alkyl halides is 1. The summed E-state index contributed by atoms with van der Waals surface area (Å²) in [5.74, 6) is -1.78. The fourth-order valence-electron chi connectivity index (χ4n) is 3.84. The number of carbonyl (C=O) groups is 3. The molecule has 3 rings (SSSR count). The Morgan fingerprint density at radius 2 is 1.64 bits per heavy atom. The number of morpholine rings is 1. The summed E-state index contributed by atoms with van der Waals surface area (Å²) in [6.07, 6.45) is -1.10. The number of rotatable bonds is 10. The topological polar surface area (TPSA) is 120 Å². The fourth-order valence-corrected chi connectivity index (χ4v) is 3.84. The molecule has 2 atom stereocenters. The molecule has 1 saturated heterocycles. The summed E-state index contributed by atoms with van der Waals surface area (Å²) in [7, 11) is 2.62. The monoisotopic (exact) mass is 502 g/mol. The first-order chi connectivity index (χ1) is 17.3. The van der Waals surface area contributed by atoms with Crippen LogP contribution < -0.4 is 15.5 Å². The van der Waals surface area contributed by atoms with Crippen LogP contribution in [0.15, 0.2) is 48.5 Å². The van der Waals surface area contributed by atoms with Gasteiger partial charge in [0, 0.05) is 39.3 Å². The molecule has 2 aromatic carbocycles. The van der Waals surface area contributed by atoms with Crippen molar-refractivity contribution in [3.63, 3.8) is 0 Å². The van der Waals surface area contributed by atoms with Gasteiger partial charge in [-0.25, -0.2) is 9.87 Å². The minimum atomic E-state index is -1.53. The number of ether oxygens (including phenoxy) is 2. The van der Waals surface area contributed by atoms with Crippen molar-refractivity contribution in [2.75, 3.05) is 53.6 Å². The van der Waals surface area contributed by atoms with Crippen LogP contribution >= 0.6 is 0 Å². The van der Waals surface area contributed by atoms with Crippen LogP contribution in [0.3, 0.4) is 0 Å². The van der Waals surface area contributed by atoms with Gasteiger partial charge >= 0.3 is 0 Å². The molecule has 1 aliphatic rings. The molecular weight excluding hydrogens is 471 g/mol. The molecular formula is C25H31FN4O6. The molecule has 2 aromatic rings. The lowest BCUT2D eigenvalue weighted by Crippen LogP contribution is -2.54. The predicted molar refractivity (Wildman–Crippen MR) is 129 cm³/mol. The number of benzene rings is 2. The molecule has 3 amide bonds. The Labute approximate surface area is 208 Å². The maximum Gasteiger partial charge on any atom is 0.275 e. The van der Waals surface area contributed by atoms with Crippen LogP contribution in [0.1, 0.15) is 10.4 Å². The van der Waals surface area contributed by atoms with Gasteiger partial charge in [0.2, 0.25) is 0 Å². The van der Waals surface area contributed by atoms with Crippen molar-refractivity contribution in [2.24, 2.45) is 0 Å². The summed E-state index contributed by atoms with van der Waals surface area (Å²) >= 11 is 0. The molecule has 1 fully saturated rings. The number of amides is 3. The SMILES string of the molecule is CNC(=O)C(C(=O)NO)N(C)C(=O)c1ccc(-c2ccc(OCC(F)CN3CCOCC3)cc2)cc1. The molecule has 0 aromatic heterocycles. The molecule has 36 heavy (non-hydrogen) atoms. The van der Waals surface area contributed by atoms with Crippen LogP contribution in [0.4, 0.5) is 4.39 Å². The summed E-state index contributed by atoms with van der Waals surface area (Å²) in [6, 6.07) is 12.3.